The van der Waals surface area contributed by atoms with Crippen LogP contribution < -0.4 is 5.32 Å². The van der Waals surface area contributed by atoms with E-state index in [0.717, 1.165) is 34.3 Å². The van der Waals surface area contributed by atoms with Gasteiger partial charge in [-0.2, -0.15) is 4.68 Å². The molecule has 132 valence electrons. The fourth-order valence-corrected chi connectivity index (χ4v) is 3.67. The lowest BCUT2D eigenvalue weighted by Gasteiger charge is -2.16. The van der Waals surface area contributed by atoms with Gasteiger partial charge < -0.3 is 5.32 Å². The molecule has 0 bridgehead atoms. The number of hydrogen-bond acceptors (Lipinski definition) is 5. The summed E-state index contributed by atoms with van der Waals surface area (Å²) >= 11 is 4.91. The average molecular weight is 430 g/mol. The molecule has 0 radical (unpaired) electrons. The van der Waals surface area contributed by atoms with E-state index in [1.807, 2.05) is 54.8 Å². The third-order valence-corrected chi connectivity index (χ3v) is 5.70. The molecule has 0 atom stereocenters. The third-order valence-electron chi connectivity index (χ3n) is 4.55. The third kappa shape index (κ3) is 3.14. The molecule has 0 spiro atoms. The molecule has 6 nitrogen and oxygen atoms in total. The number of anilines is 1. The summed E-state index contributed by atoms with van der Waals surface area (Å²) in [5.74, 6) is 0.0266. The zero-order chi connectivity index (χ0) is 18.1. The van der Waals surface area contributed by atoms with E-state index in [1.54, 1.807) is 4.68 Å². The molecule has 1 fully saturated rings. The van der Waals surface area contributed by atoms with E-state index in [0.29, 0.717) is 5.16 Å². The van der Waals surface area contributed by atoms with Crippen molar-refractivity contribution in [3.05, 3.63) is 58.6 Å². The zero-order valence-corrected chi connectivity index (χ0v) is 16.4. The Balaban J connectivity index is 1.57. The van der Waals surface area contributed by atoms with Gasteiger partial charge in [0.05, 0.1) is 11.1 Å². The molecule has 1 amide bonds. The van der Waals surface area contributed by atoms with Gasteiger partial charge in [-0.05, 0) is 65.4 Å². The Morgan fingerprint density at radius 3 is 2.69 bits per heavy atom. The van der Waals surface area contributed by atoms with Gasteiger partial charge in [0.15, 0.2) is 0 Å². The maximum absolute atomic E-state index is 12.9. The molecule has 1 heterocycles. The Bertz CT molecular complexity index is 952. The maximum Gasteiger partial charge on any atom is 0.235 e. The number of tetrazole rings is 1. The van der Waals surface area contributed by atoms with Crippen LogP contribution in [-0.4, -0.2) is 32.4 Å². The fourth-order valence-electron chi connectivity index (χ4n) is 2.98. The maximum atomic E-state index is 12.9. The highest BCUT2D eigenvalue weighted by Gasteiger charge is 2.51. The van der Waals surface area contributed by atoms with Gasteiger partial charge >= 0.3 is 0 Å². The first-order valence-electron chi connectivity index (χ1n) is 8.13. The first kappa shape index (κ1) is 17.2. The minimum absolute atomic E-state index is 0.0266. The summed E-state index contributed by atoms with van der Waals surface area (Å²) in [4.78, 5) is 12.9. The second-order valence-electron chi connectivity index (χ2n) is 6.17. The number of halogens is 1. The van der Waals surface area contributed by atoms with E-state index >= 15 is 0 Å². The van der Waals surface area contributed by atoms with Gasteiger partial charge in [-0.25, -0.2) is 0 Å². The van der Waals surface area contributed by atoms with Crippen molar-refractivity contribution >= 4 is 39.3 Å². The van der Waals surface area contributed by atoms with Crippen molar-refractivity contribution in [3.63, 3.8) is 0 Å². The first-order chi connectivity index (χ1) is 12.6. The minimum atomic E-state index is -0.421. The van der Waals surface area contributed by atoms with Gasteiger partial charge in [-0.3, -0.25) is 4.79 Å². The number of carbonyl (C=O) groups excluding carboxylic acids is 1. The molecule has 0 saturated heterocycles. The van der Waals surface area contributed by atoms with Gasteiger partial charge in [-0.1, -0.05) is 45.9 Å². The Hall–Kier alpha value is -2.19. The molecule has 4 rings (SSSR count). The number of benzene rings is 2. The smallest absolute Gasteiger partial charge is 0.235 e. The van der Waals surface area contributed by atoms with Gasteiger partial charge in [-0.15, -0.1) is 5.10 Å². The number of carbonyl (C=O) groups is 1. The van der Waals surface area contributed by atoms with Crippen molar-refractivity contribution in [1.29, 1.82) is 0 Å². The van der Waals surface area contributed by atoms with Crippen LogP contribution in [0, 0.1) is 0 Å². The van der Waals surface area contributed by atoms with E-state index in [-0.39, 0.29) is 5.91 Å². The van der Waals surface area contributed by atoms with Gasteiger partial charge in [0.1, 0.15) is 0 Å². The van der Waals surface area contributed by atoms with Crippen LogP contribution in [0.25, 0.3) is 5.69 Å². The lowest BCUT2D eigenvalue weighted by Crippen LogP contribution is -2.27. The van der Waals surface area contributed by atoms with Gasteiger partial charge in [0, 0.05) is 10.2 Å². The monoisotopic (exact) mass is 429 g/mol. The highest BCUT2D eigenvalue weighted by atomic mass is 79.9. The first-order valence-corrected chi connectivity index (χ1v) is 10.1. The molecule has 1 N–H and O–H groups in total. The summed E-state index contributed by atoms with van der Waals surface area (Å²) in [7, 11) is 0. The number of hydrogen-bond donors (Lipinski definition) is 1. The van der Waals surface area contributed by atoms with E-state index < -0.39 is 5.41 Å². The number of thioether (sulfide) groups is 1. The minimum Gasteiger partial charge on any atom is -0.325 e. The van der Waals surface area contributed by atoms with Crippen molar-refractivity contribution in [3.8, 4) is 5.69 Å². The van der Waals surface area contributed by atoms with Crippen LogP contribution in [0.3, 0.4) is 0 Å². The van der Waals surface area contributed by atoms with Crippen LogP contribution >= 0.6 is 27.7 Å². The Morgan fingerprint density at radius 2 is 2.00 bits per heavy atom. The summed E-state index contributed by atoms with van der Waals surface area (Å²) in [6.45, 7) is 0. The van der Waals surface area contributed by atoms with E-state index in [2.05, 4.69) is 36.8 Å². The molecule has 0 aliphatic heterocycles. The van der Waals surface area contributed by atoms with Crippen LogP contribution in [0.15, 0.2) is 58.2 Å². The summed E-state index contributed by atoms with van der Waals surface area (Å²) < 4.78 is 2.67. The van der Waals surface area contributed by atoms with Crippen molar-refractivity contribution < 1.29 is 4.79 Å². The van der Waals surface area contributed by atoms with Crippen LogP contribution in [0.1, 0.15) is 18.4 Å². The number of nitrogens with one attached hydrogen (secondary N) is 1. The largest absolute Gasteiger partial charge is 0.325 e. The number of amides is 1. The second-order valence-corrected chi connectivity index (χ2v) is 7.86. The standard InChI is InChI=1S/C18H16BrN5OS/c1-26-17-21-22-23-24(17)15-4-2-3-14(11-15)20-16(25)18(9-10-18)12-5-7-13(19)8-6-12/h2-8,11H,9-10H2,1H3,(H,20,25). The van der Waals surface area contributed by atoms with Crippen molar-refractivity contribution in [2.45, 2.75) is 23.4 Å². The molecule has 8 heteroatoms. The fraction of sp³-hybridized carbons (Fsp3) is 0.222. The predicted molar refractivity (Wildman–Crippen MR) is 105 cm³/mol. The van der Waals surface area contributed by atoms with Gasteiger partial charge in [0.2, 0.25) is 11.1 Å². The van der Waals surface area contributed by atoms with E-state index in [4.69, 9.17) is 0 Å². The number of aromatic nitrogens is 4. The molecular weight excluding hydrogens is 414 g/mol. The summed E-state index contributed by atoms with van der Waals surface area (Å²) in [6.07, 6.45) is 3.65. The van der Waals surface area contributed by atoms with Crippen molar-refractivity contribution in [2.24, 2.45) is 0 Å². The highest BCUT2D eigenvalue weighted by Crippen LogP contribution is 2.49. The Labute approximate surface area is 163 Å². The van der Waals surface area contributed by atoms with Crippen molar-refractivity contribution in [2.75, 3.05) is 11.6 Å². The van der Waals surface area contributed by atoms with Crippen LogP contribution in [0.2, 0.25) is 0 Å². The van der Waals surface area contributed by atoms with E-state index in [1.165, 1.54) is 11.8 Å². The summed E-state index contributed by atoms with van der Waals surface area (Å²) in [5.41, 5.74) is 2.18. The summed E-state index contributed by atoms with van der Waals surface area (Å²) in [5, 5.41) is 15.4. The molecule has 1 saturated carbocycles. The van der Waals surface area contributed by atoms with Gasteiger partial charge in [0.25, 0.3) is 0 Å². The molecule has 3 aromatic rings. The normalized spacial score (nSPS) is 14.8. The molecule has 26 heavy (non-hydrogen) atoms. The lowest BCUT2D eigenvalue weighted by atomic mass is 9.95. The Kier molecular flexibility index (Phi) is 4.54. The Morgan fingerprint density at radius 1 is 1.23 bits per heavy atom. The van der Waals surface area contributed by atoms with Crippen LogP contribution in [0.4, 0.5) is 5.69 Å². The number of nitrogens with zero attached hydrogens (tertiary/aromatic N) is 4. The quantitative estimate of drug-likeness (QED) is 0.624. The molecule has 0 unspecified atom stereocenters. The molecular formula is C18H16BrN5OS. The average Bonchev–Trinajstić information content (AvgIpc) is 3.33. The molecule has 1 aromatic heterocycles. The molecule has 1 aliphatic rings. The van der Waals surface area contributed by atoms with Crippen LogP contribution in [-0.2, 0) is 10.2 Å². The number of rotatable bonds is 5. The topological polar surface area (TPSA) is 72.7 Å². The van der Waals surface area contributed by atoms with Crippen LogP contribution in [0.5, 0.6) is 0 Å². The SMILES string of the molecule is CSc1nnnn1-c1cccc(NC(=O)C2(c3ccc(Br)cc3)CC2)c1. The predicted octanol–water partition coefficient (Wildman–Crippen LogP) is 3.82. The highest BCUT2D eigenvalue weighted by molar-refractivity contribution is 9.10. The van der Waals surface area contributed by atoms with E-state index in [9.17, 15) is 4.79 Å². The molecule has 1 aliphatic carbocycles. The molecule has 2 aromatic carbocycles. The lowest BCUT2D eigenvalue weighted by molar-refractivity contribution is -0.118. The second kappa shape index (κ2) is 6.85. The zero-order valence-electron chi connectivity index (χ0n) is 14.0. The summed E-state index contributed by atoms with van der Waals surface area (Å²) in [6, 6.07) is 15.5. The van der Waals surface area contributed by atoms with Crippen molar-refractivity contribution in [1.82, 2.24) is 20.2 Å².